The molecule has 0 aromatic heterocycles. The summed E-state index contributed by atoms with van der Waals surface area (Å²) in [5, 5.41) is 4.40. The molecule has 2 fully saturated rings. The Kier molecular flexibility index (Phi) is 27.0. The summed E-state index contributed by atoms with van der Waals surface area (Å²) in [6.07, 6.45) is 10.0. The number of nitrogens with one attached hydrogen (secondary N) is 2. The van der Waals surface area contributed by atoms with E-state index in [-0.39, 0.29) is 50.7 Å². The fourth-order valence-corrected chi connectivity index (χ4v) is 14.9. The molecule has 4 aliphatic rings. The van der Waals surface area contributed by atoms with Gasteiger partial charge in [0, 0.05) is 81.1 Å². The van der Waals surface area contributed by atoms with Gasteiger partial charge in [0.1, 0.15) is 5.78 Å². The zero-order valence-corrected chi connectivity index (χ0v) is 58.9. The van der Waals surface area contributed by atoms with Crippen LogP contribution in [0.25, 0.3) is 0 Å². The van der Waals surface area contributed by atoms with Crippen LogP contribution >= 0.6 is 46.4 Å². The number of halogens is 4. The number of hydrogen-bond acceptors (Lipinski definition) is 12. The Morgan fingerprint density at radius 1 is 0.457 bits per heavy atom. The monoisotopic (exact) mass is 1330 g/mol. The summed E-state index contributed by atoms with van der Waals surface area (Å²) >= 11 is 22.3. The quantitative estimate of drug-likeness (QED) is 0.0512. The van der Waals surface area contributed by atoms with Crippen molar-refractivity contribution in [3.05, 3.63) is 188 Å². The minimum atomic E-state index is -0.552. The van der Waals surface area contributed by atoms with Gasteiger partial charge in [-0.1, -0.05) is 117 Å². The van der Waals surface area contributed by atoms with Gasteiger partial charge in [-0.15, -0.1) is 0 Å². The van der Waals surface area contributed by atoms with Crippen molar-refractivity contribution in [2.24, 2.45) is 22.7 Å². The summed E-state index contributed by atoms with van der Waals surface area (Å²) < 4.78 is 0. The van der Waals surface area contributed by atoms with Crippen LogP contribution in [0, 0.1) is 22.7 Å². The van der Waals surface area contributed by atoms with E-state index < -0.39 is 21.1 Å². The predicted octanol–water partition coefficient (Wildman–Crippen LogP) is 18.7. The molecule has 492 valence electrons. The van der Waals surface area contributed by atoms with Crippen LogP contribution in [0.4, 0.5) is 22.7 Å². The molecule has 0 radical (unpaired) electrons. The molecule has 2 saturated carbocycles. The second kappa shape index (κ2) is 32.7. The van der Waals surface area contributed by atoms with Gasteiger partial charge < -0.3 is 22.1 Å². The molecule has 16 heteroatoms. The number of aryl methyl sites for hydroxylation is 2. The van der Waals surface area contributed by atoms with Gasteiger partial charge in [-0.2, -0.15) is 0 Å². The maximum Gasteiger partial charge on any atom is 0.252 e. The topological polar surface area (TPSA) is 213 Å². The van der Waals surface area contributed by atoms with E-state index in [4.69, 9.17) is 57.9 Å². The van der Waals surface area contributed by atoms with Crippen LogP contribution < -0.4 is 22.1 Å². The summed E-state index contributed by atoms with van der Waals surface area (Å²) in [6.45, 7) is 23.7. The van der Waals surface area contributed by atoms with E-state index >= 15 is 0 Å². The van der Waals surface area contributed by atoms with Gasteiger partial charge in [-0.25, -0.2) is 0 Å². The van der Waals surface area contributed by atoms with Crippen LogP contribution in [0.15, 0.2) is 121 Å². The number of benzene rings is 6. The maximum atomic E-state index is 12.5. The zero-order chi connectivity index (χ0) is 68.8. The predicted molar refractivity (Wildman–Crippen MR) is 379 cm³/mol. The fraction of sp³-hybridized carbons (Fsp3) is 0.421. The Hall–Kier alpha value is -6.96. The van der Waals surface area contributed by atoms with Crippen molar-refractivity contribution < 1.29 is 38.4 Å². The molecule has 0 heterocycles. The first-order chi connectivity index (χ1) is 43.1. The number of carbonyl (C=O) groups excluding carboxylic acids is 8. The van der Waals surface area contributed by atoms with Gasteiger partial charge in [-0.3, -0.25) is 38.4 Å². The fourth-order valence-electron chi connectivity index (χ4n) is 14.2. The molecular weight excluding hydrogens is 1240 g/mol. The Morgan fingerprint density at radius 3 is 1.15 bits per heavy atom. The number of fused-ring (bicyclic) bond motifs is 6. The Labute approximate surface area is 565 Å². The van der Waals surface area contributed by atoms with Crippen LogP contribution in [0.2, 0.25) is 0 Å². The highest BCUT2D eigenvalue weighted by Crippen LogP contribution is 2.60. The first-order valence-electron chi connectivity index (χ1n) is 31.5. The molecule has 4 aliphatic carbocycles. The smallest absolute Gasteiger partial charge is 0.252 e. The molecule has 0 amide bonds. The molecule has 0 spiro atoms. The average molecular weight is 1330 g/mol. The minimum absolute atomic E-state index is 0.00592. The van der Waals surface area contributed by atoms with E-state index in [0.717, 1.165) is 86.7 Å². The van der Waals surface area contributed by atoms with Crippen molar-refractivity contribution in [2.45, 2.75) is 170 Å². The summed E-state index contributed by atoms with van der Waals surface area (Å²) in [5.41, 5.74) is 24.5. The molecule has 0 saturated heterocycles. The normalized spacial score (nSPS) is 21.3. The lowest BCUT2D eigenvalue weighted by Crippen LogP contribution is -2.51. The number of carbonyl (C=O) groups is 8. The third-order valence-electron chi connectivity index (χ3n) is 19.5. The zero-order valence-electron chi connectivity index (χ0n) is 55.9. The molecule has 6 aromatic carbocycles. The number of nitrogens with two attached hydrogens (primary N) is 2. The molecular formula is C76H92Cl4N4O8. The van der Waals surface area contributed by atoms with E-state index in [1.165, 1.54) is 65.9 Å². The van der Waals surface area contributed by atoms with Crippen LogP contribution in [0.5, 0.6) is 0 Å². The number of anilines is 4. The van der Waals surface area contributed by atoms with E-state index in [9.17, 15) is 38.4 Å². The second-order valence-electron chi connectivity index (χ2n) is 26.3. The van der Waals surface area contributed by atoms with Crippen molar-refractivity contribution in [2.75, 3.05) is 36.2 Å². The Bertz CT molecular complexity index is 3380. The van der Waals surface area contributed by atoms with Crippen molar-refractivity contribution in [1.29, 1.82) is 0 Å². The lowest BCUT2D eigenvalue weighted by Gasteiger charge is -2.54. The number of Topliss-reactive ketones (excluding diaryl/α,β-unsaturated/α-hetero) is 4. The average Bonchev–Trinajstić information content (AvgIpc) is 0.730. The standard InChI is InChI=1S/C23H32O2.C21H26Cl2O2.C10H10O2.C8H4Cl2O2.C8H12N2.C6H8N2/c1-14(2)18-12-17-8-9-21-22(5,16(4)25)10-7-11-23(21,6)20(17)13-19(18)15(3)24;1-12(2)14-10-13-6-7-17-20(3,16(13)11-15(14)18(22)24)8-5-9-21(17,4)19(23)25;1-7(11)9-3-5-10(6-4-9)8(2)12;9-7(11)5-1-2-6(4-3-5)8(10)12;1-9-7-4-3-5-8(6-7)10-2;7-5-2-1-3-6(8)4-5/h12-14,21H,7-11H2,1-6H3;10-12,17H,5-9H2,1-4H3;3-6H,1-2H3;1-4H;3-6,9-10H,1-2H3;1-4H,7-8H2. The number of nitrogen functional groups attached to an aromatic ring is 2. The number of rotatable bonds is 12. The maximum absolute atomic E-state index is 12.5. The van der Waals surface area contributed by atoms with Crippen molar-refractivity contribution in [3.8, 4) is 0 Å². The van der Waals surface area contributed by atoms with Gasteiger partial charge in [0.25, 0.3) is 15.7 Å². The van der Waals surface area contributed by atoms with Crippen molar-refractivity contribution >= 4 is 113 Å². The van der Waals surface area contributed by atoms with Crippen LogP contribution in [-0.4, -0.2) is 58.2 Å². The summed E-state index contributed by atoms with van der Waals surface area (Å²) in [5.74, 6) is 1.70. The van der Waals surface area contributed by atoms with E-state index in [0.29, 0.717) is 56.8 Å². The van der Waals surface area contributed by atoms with Gasteiger partial charge in [0.2, 0.25) is 5.24 Å². The molecule has 12 nitrogen and oxygen atoms in total. The highest BCUT2D eigenvalue weighted by atomic mass is 35.5. The van der Waals surface area contributed by atoms with E-state index in [1.54, 1.807) is 56.3 Å². The lowest BCUT2D eigenvalue weighted by atomic mass is 9.49. The third-order valence-corrected chi connectivity index (χ3v) is 20.6. The van der Waals surface area contributed by atoms with Crippen molar-refractivity contribution in [3.63, 3.8) is 0 Å². The molecule has 6 atom stereocenters. The summed E-state index contributed by atoms with van der Waals surface area (Å²) in [6, 6.07) is 36.4. The Balaban J connectivity index is 0.000000212. The van der Waals surface area contributed by atoms with Crippen LogP contribution in [-0.2, 0) is 33.3 Å². The van der Waals surface area contributed by atoms with Gasteiger partial charge >= 0.3 is 0 Å². The SMILES string of the molecule is CC(=O)c1cc2c(cc1C(C)C)CCC1C(C)(C(C)=O)CCCC21C.CC(=O)c1ccc(C(C)=O)cc1.CC(C)c1cc2c(cc1C(=O)Cl)C1(C)CCCC(C)(C(=O)Cl)C1CC2.CNc1cccc(NC)c1.Nc1cccc(N)c1.O=C(Cl)c1ccc(C(=O)Cl)cc1. The van der Waals surface area contributed by atoms with E-state index in [1.807, 2.05) is 51.4 Å². The summed E-state index contributed by atoms with van der Waals surface area (Å²) in [4.78, 5) is 91.9. The molecule has 10 rings (SSSR count). The third kappa shape index (κ3) is 18.2. The van der Waals surface area contributed by atoms with E-state index in [2.05, 4.69) is 83.4 Å². The lowest BCUT2D eigenvalue weighted by molar-refractivity contribution is -0.134. The van der Waals surface area contributed by atoms with Crippen LogP contribution in [0.3, 0.4) is 0 Å². The van der Waals surface area contributed by atoms with Crippen molar-refractivity contribution in [1.82, 2.24) is 0 Å². The number of ketones is 4. The molecule has 6 N–H and O–H groups in total. The molecule has 0 aliphatic heterocycles. The van der Waals surface area contributed by atoms with Gasteiger partial charge in [0.15, 0.2) is 17.3 Å². The molecule has 6 unspecified atom stereocenters. The highest BCUT2D eigenvalue weighted by molar-refractivity contribution is 6.69. The Morgan fingerprint density at radius 2 is 0.826 bits per heavy atom. The molecule has 6 aromatic rings. The first-order valence-corrected chi connectivity index (χ1v) is 33.1. The molecule has 92 heavy (non-hydrogen) atoms. The molecule has 0 bridgehead atoms. The largest absolute Gasteiger partial charge is 0.399 e. The van der Waals surface area contributed by atoms with Gasteiger partial charge in [-0.05, 0) is 266 Å². The van der Waals surface area contributed by atoms with Crippen LogP contribution in [0.1, 0.15) is 242 Å². The first kappa shape index (κ1) is 75.8. The minimum Gasteiger partial charge on any atom is -0.399 e. The highest BCUT2D eigenvalue weighted by Gasteiger charge is 2.56. The number of hydrogen-bond donors (Lipinski definition) is 4. The second-order valence-corrected chi connectivity index (χ2v) is 27.7. The van der Waals surface area contributed by atoms with Gasteiger partial charge in [0.05, 0.1) is 0 Å². The summed E-state index contributed by atoms with van der Waals surface area (Å²) in [7, 11) is 3.82.